The molecule has 0 aromatic rings. The van der Waals surface area contributed by atoms with E-state index in [0.717, 1.165) is 32.6 Å². The molecule has 0 aromatic carbocycles. The van der Waals surface area contributed by atoms with Crippen LogP contribution in [0.4, 0.5) is 0 Å². The summed E-state index contributed by atoms with van der Waals surface area (Å²) in [6.07, 6.45) is 0.866. The molecule has 0 bridgehead atoms. The van der Waals surface area contributed by atoms with Crippen LogP contribution in [0.15, 0.2) is 0 Å². The lowest BCUT2D eigenvalue weighted by Gasteiger charge is -2.22. The van der Waals surface area contributed by atoms with Crippen LogP contribution < -0.4 is 5.73 Å². The number of aliphatic hydroxyl groups is 1. The fourth-order valence-corrected chi connectivity index (χ4v) is 1.19. The van der Waals surface area contributed by atoms with Crippen LogP contribution in [0.3, 0.4) is 0 Å². The summed E-state index contributed by atoms with van der Waals surface area (Å²) in [7, 11) is 0. The molecule has 0 spiro atoms. The van der Waals surface area contributed by atoms with Gasteiger partial charge in [-0.15, -0.1) is 0 Å². The maximum Gasteiger partial charge on any atom is 0.0443 e. The summed E-state index contributed by atoms with van der Waals surface area (Å²) in [4.78, 5) is 2.33. The third kappa shape index (κ3) is 5.52. The normalized spacial score (nSPS) is 13.8. The predicted octanol–water partition coefficient (Wildman–Crippen LogP) is 0.285. The van der Waals surface area contributed by atoms with Crippen molar-refractivity contribution in [2.24, 2.45) is 11.7 Å². The molecule has 3 N–H and O–H groups in total. The van der Waals surface area contributed by atoms with Gasteiger partial charge in [-0.3, -0.25) is 0 Å². The molecular weight excluding hydrogens is 152 g/mol. The van der Waals surface area contributed by atoms with E-state index in [4.69, 9.17) is 10.8 Å². The van der Waals surface area contributed by atoms with E-state index in [1.807, 2.05) is 0 Å². The zero-order chi connectivity index (χ0) is 9.40. The van der Waals surface area contributed by atoms with E-state index in [2.05, 4.69) is 18.7 Å². The minimum absolute atomic E-state index is 0.285. The highest BCUT2D eigenvalue weighted by atomic mass is 16.3. The molecule has 0 aromatic heterocycles. The Bertz CT molecular complexity index is 98.5. The van der Waals surface area contributed by atoms with Crippen molar-refractivity contribution in [1.82, 2.24) is 4.90 Å². The van der Waals surface area contributed by atoms with Gasteiger partial charge in [0.1, 0.15) is 0 Å². The first-order valence-corrected chi connectivity index (χ1v) is 4.77. The topological polar surface area (TPSA) is 49.5 Å². The Morgan fingerprint density at radius 3 is 2.58 bits per heavy atom. The summed E-state index contributed by atoms with van der Waals surface area (Å²) >= 11 is 0. The summed E-state index contributed by atoms with van der Waals surface area (Å²) < 4.78 is 0. The molecule has 3 heteroatoms. The molecule has 0 fully saturated rings. The first-order chi connectivity index (χ1) is 5.74. The Morgan fingerprint density at radius 2 is 2.17 bits per heavy atom. The van der Waals surface area contributed by atoms with Gasteiger partial charge in [0.2, 0.25) is 0 Å². The summed E-state index contributed by atoms with van der Waals surface area (Å²) in [5.41, 5.74) is 5.53. The minimum atomic E-state index is 0.285. The molecule has 0 aliphatic carbocycles. The van der Waals surface area contributed by atoms with Crippen molar-refractivity contribution in [2.75, 3.05) is 32.8 Å². The Morgan fingerprint density at radius 1 is 1.50 bits per heavy atom. The highest BCUT2D eigenvalue weighted by molar-refractivity contribution is 4.61. The van der Waals surface area contributed by atoms with Gasteiger partial charge < -0.3 is 15.7 Å². The number of hydrogen-bond acceptors (Lipinski definition) is 3. The molecule has 0 saturated heterocycles. The highest BCUT2D eigenvalue weighted by Gasteiger charge is 2.05. The van der Waals surface area contributed by atoms with E-state index in [1.165, 1.54) is 0 Å². The van der Waals surface area contributed by atoms with Gasteiger partial charge in [0.05, 0.1) is 0 Å². The van der Waals surface area contributed by atoms with E-state index in [9.17, 15) is 0 Å². The number of aliphatic hydroxyl groups excluding tert-OH is 1. The van der Waals surface area contributed by atoms with Crippen molar-refractivity contribution in [3.05, 3.63) is 0 Å². The third-order valence-corrected chi connectivity index (χ3v) is 2.05. The van der Waals surface area contributed by atoms with Crippen molar-refractivity contribution < 1.29 is 5.11 Å². The standard InChI is InChI=1S/C9H22N2O/c1-3-11(5-4-6-12)8-9(2)7-10/h9,12H,3-8,10H2,1-2H3. The third-order valence-electron chi connectivity index (χ3n) is 2.05. The smallest absolute Gasteiger partial charge is 0.0443 e. The summed E-state index contributed by atoms with van der Waals surface area (Å²) in [5.74, 6) is 0.559. The lowest BCUT2D eigenvalue weighted by molar-refractivity contribution is 0.212. The van der Waals surface area contributed by atoms with Crippen LogP contribution in [0.2, 0.25) is 0 Å². The molecule has 0 aliphatic heterocycles. The van der Waals surface area contributed by atoms with E-state index in [0.29, 0.717) is 5.92 Å². The first-order valence-electron chi connectivity index (χ1n) is 4.77. The molecule has 1 unspecified atom stereocenters. The second-order valence-corrected chi connectivity index (χ2v) is 3.31. The number of rotatable bonds is 7. The lowest BCUT2D eigenvalue weighted by Crippen LogP contribution is -2.32. The fourth-order valence-electron chi connectivity index (χ4n) is 1.19. The van der Waals surface area contributed by atoms with E-state index < -0.39 is 0 Å². The Kier molecular flexibility index (Phi) is 7.45. The van der Waals surface area contributed by atoms with Crippen LogP contribution in [-0.2, 0) is 0 Å². The number of nitrogens with zero attached hydrogens (tertiary/aromatic N) is 1. The summed E-state index contributed by atoms with van der Waals surface area (Å²) in [6, 6.07) is 0. The van der Waals surface area contributed by atoms with Crippen molar-refractivity contribution in [3.8, 4) is 0 Å². The van der Waals surface area contributed by atoms with Gasteiger partial charge in [0.25, 0.3) is 0 Å². The molecule has 74 valence electrons. The molecule has 0 saturated carbocycles. The lowest BCUT2D eigenvalue weighted by atomic mass is 10.1. The highest BCUT2D eigenvalue weighted by Crippen LogP contribution is 1.98. The van der Waals surface area contributed by atoms with Crippen LogP contribution >= 0.6 is 0 Å². The molecule has 0 rings (SSSR count). The number of nitrogens with two attached hydrogens (primary N) is 1. The molecule has 12 heavy (non-hydrogen) atoms. The molecule has 0 amide bonds. The van der Waals surface area contributed by atoms with Gasteiger partial charge in [-0.05, 0) is 25.4 Å². The first kappa shape index (κ1) is 11.9. The van der Waals surface area contributed by atoms with E-state index >= 15 is 0 Å². The molecule has 0 radical (unpaired) electrons. The monoisotopic (exact) mass is 174 g/mol. The Labute approximate surface area is 75.6 Å². The number of hydrogen-bond donors (Lipinski definition) is 2. The fraction of sp³-hybridized carbons (Fsp3) is 1.00. The van der Waals surface area contributed by atoms with Crippen molar-refractivity contribution >= 4 is 0 Å². The van der Waals surface area contributed by atoms with Gasteiger partial charge in [-0.25, -0.2) is 0 Å². The van der Waals surface area contributed by atoms with Crippen LogP contribution in [0.5, 0.6) is 0 Å². The molecular formula is C9H22N2O. The van der Waals surface area contributed by atoms with Gasteiger partial charge in [-0.2, -0.15) is 0 Å². The van der Waals surface area contributed by atoms with Gasteiger partial charge >= 0.3 is 0 Å². The van der Waals surface area contributed by atoms with Gasteiger partial charge in [-0.1, -0.05) is 13.8 Å². The van der Waals surface area contributed by atoms with Crippen LogP contribution in [0, 0.1) is 5.92 Å². The average molecular weight is 174 g/mol. The molecule has 0 heterocycles. The second kappa shape index (κ2) is 7.53. The van der Waals surface area contributed by atoms with Crippen LogP contribution in [-0.4, -0.2) is 42.8 Å². The second-order valence-electron chi connectivity index (χ2n) is 3.31. The Hall–Kier alpha value is -0.120. The molecule has 0 aliphatic rings. The minimum Gasteiger partial charge on any atom is -0.396 e. The maximum atomic E-state index is 8.65. The van der Waals surface area contributed by atoms with Crippen molar-refractivity contribution in [3.63, 3.8) is 0 Å². The maximum absolute atomic E-state index is 8.65. The van der Waals surface area contributed by atoms with Crippen molar-refractivity contribution in [2.45, 2.75) is 20.3 Å². The Balaban J connectivity index is 3.51. The molecule has 3 nitrogen and oxygen atoms in total. The summed E-state index contributed by atoms with van der Waals surface area (Å²) in [5, 5.41) is 8.65. The van der Waals surface area contributed by atoms with Gasteiger partial charge in [0, 0.05) is 19.7 Å². The van der Waals surface area contributed by atoms with Gasteiger partial charge in [0.15, 0.2) is 0 Å². The quantitative estimate of drug-likeness (QED) is 0.583. The predicted molar refractivity (Wildman–Crippen MR) is 52.0 cm³/mol. The van der Waals surface area contributed by atoms with Crippen LogP contribution in [0.25, 0.3) is 0 Å². The zero-order valence-corrected chi connectivity index (χ0v) is 8.29. The molecule has 1 atom stereocenters. The summed E-state index contributed by atoms with van der Waals surface area (Å²) in [6.45, 7) is 8.40. The largest absolute Gasteiger partial charge is 0.396 e. The zero-order valence-electron chi connectivity index (χ0n) is 8.29. The van der Waals surface area contributed by atoms with E-state index in [-0.39, 0.29) is 6.61 Å². The average Bonchev–Trinajstić information content (AvgIpc) is 2.11. The van der Waals surface area contributed by atoms with Crippen LogP contribution in [0.1, 0.15) is 20.3 Å². The SMILES string of the molecule is CCN(CCCO)CC(C)CN. The van der Waals surface area contributed by atoms with E-state index in [1.54, 1.807) is 0 Å². The van der Waals surface area contributed by atoms with Crippen molar-refractivity contribution in [1.29, 1.82) is 0 Å².